The standard InChI is InChI=1S/C20H24F3N3O3S/c1-14(19(27)24-13-18(26(2)3)15-8-5-4-6-9-15)25-30(28,29)17-11-7-10-16(12-17)20(21,22)23/h4-12,14,18,25H,13H2,1-3H3,(H,24,27). The number of alkyl halides is 3. The van der Waals surface area contributed by atoms with Crippen molar-refractivity contribution in [3.63, 3.8) is 0 Å². The van der Waals surface area contributed by atoms with Gasteiger partial charge in [-0.05, 0) is 44.8 Å². The Morgan fingerprint density at radius 3 is 2.27 bits per heavy atom. The van der Waals surface area contributed by atoms with Crippen LogP contribution in [0, 0.1) is 0 Å². The molecule has 0 aliphatic carbocycles. The fraction of sp³-hybridized carbons (Fsp3) is 0.350. The van der Waals surface area contributed by atoms with Crippen molar-refractivity contribution in [1.82, 2.24) is 14.9 Å². The van der Waals surface area contributed by atoms with Gasteiger partial charge in [-0.25, -0.2) is 8.42 Å². The molecule has 30 heavy (non-hydrogen) atoms. The number of carbonyl (C=O) groups is 1. The average Bonchev–Trinajstić information content (AvgIpc) is 2.67. The Labute approximate surface area is 174 Å². The normalized spacial score (nSPS) is 14.4. The molecule has 2 aromatic carbocycles. The lowest BCUT2D eigenvalue weighted by molar-refractivity contribution is -0.137. The largest absolute Gasteiger partial charge is 0.416 e. The highest BCUT2D eigenvalue weighted by atomic mass is 32.2. The Morgan fingerprint density at radius 2 is 1.70 bits per heavy atom. The van der Waals surface area contributed by atoms with Crippen molar-refractivity contribution in [3.8, 4) is 0 Å². The maximum absolute atomic E-state index is 12.8. The molecule has 0 saturated heterocycles. The molecule has 0 aliphatic rings. The summed E-state index contributed by atoms with van der Waals surface area (Å²) in [6.45, 7) is 1.55. The zero-order valence-corrected chi connectivity index (χ0v) is 17.6. The predicted molar refractivity (Wildman–Crippen MR) is 107 cm³/mol. The van der Waals surface area contributed by atoms with Crippen molar-refractivity contribution < 1.29 is 26.4 Å². The molecule has 0 saturated carbocycles. The van der Waals surface area contributed by atoms with E-state index < -0.39 is 38.6 Å². The topological polar surface area (TPSA) is 78.5 Å². The summed E-state index contributed by atoms with van der Waals surface area (Å²) < 4.78 is 65.5. The third-order valence-corrected chi connectivity index (χ3v) is 6.01. The Hall–Kier alpha value is -2.43. The third kappa shape index (κ3) is 6.28. The summed E-state index contributed by atoms with van der Waals surface area (Å²) in [7, 11) is -0.614. The second kappa shape index (κ2) is 9.59. The molecule has 2 N–H and O–H groups in total. The third-order valence-electron chi connectivity index (χ3n) is 4.47. The molecular weight excluding hydrogens is 419 g/mol. The first kappa shape index (κ1) is 23.8. The van der Waals surface area contributed by atoms with Gasteiger partial charge in [0.15, 0.2) is 0 Å². The van der Waals surface area contributed by atoms with Gasteiger partial charge in [0.1, 0.15) is 0 Å². The van der Waals surface area contributed by atoms with Gasteiger partial charge in [0.05, 0.1) is 22.5 Å². The number of hydrogen-bond acceptors (Lipinski definition) is 4. The monoisotopic (exact) mass is 443 g/mol. The molecule has 0 aromatic heterocycles. The molecule has 0 aliphatic heterocycles. The van der Waals surface area contributed by atoms with E-state index in [4.69, 9.17) is 0 Å². The minimum absolute atomic E-state index is 0.137. The first-order chi connectivity index (χ1) is 13.9. The molecule has 0 heterocycles. The molecule has 1 amide bonds. The van der Waals surface area contributed by atoms with Crippen molar-refractivity contribution in [2.24, 2.45) is 0 Å². The average molecular weight is 443 g/mol. The Balaban J connectivity index is 2.06. The summed E-state index contributed by atoms with van der Waals surface area (Å²) >= 11 is 0. The van der Waals surface area contributed by atoms with Crippen LogP contribution in [0.15, 0.2) is 59.5 Å². The predicted octanol–water partition coefficient (Wildman–Crippen LogP) is 2.79. The number of halogens is 3. The lowest BCUT2D eigenvalue weighted by atomic mass is 10.1. The SMILES string of the molecule is CC(NS(=O)(=O)c1cccc(C(F)(F)F)c1)C(=O)NCC(c1ccccc1)N(C)C. The van der Waals surface area contributed by atoms with Crippen molar-refractivity contribution in [3.05, 3.63) is 65.7 Å². The zero-order chi connectivity index (χ0) is 22.5. The van der Waals surface area contributed by atoms with Crippen LogP contribution >= 0.6 is 0 Å². The highest BCUT2D eigenvalue weighted by Crippen LogP contribution is 2.30. The number of rotatable bonds is 8. The van der Waals surface area contributed by atoms with Crippen LogP contribution in [-0.2, 0) is 21.0 Å². The number of amides is 1. The van der Waals surface area contributed by atoms with E-state index in [0.29, 0.717) is 6.07 Å². The number of nitrogens with one attached hydrogen (secondary N) is 2. The fourth-order valence-electron chi connectivity index (χ4n) is 2.82. The van der Waals surface area contributed by atoms with Crippen LogP contribution in [0.1, 0.15) is 24.1 Å². The quantitative estimate of drug-likeness (QED) is 0.658. The molecule has 164 valence electrons. The van der Waals surface area contributed by atoms with E-state index >= 15 is 0 Å². The summed E-state index contributed by atoms with van der Waals surface area (Å²) in [5.74, 6) is -0.590. The number of likely N-dealkylation sites (N-methyl/N-ethyl adjacent to an activating group) is 1. The molecule has 6 nitrogen and oxygen atoms in total. The van der Waals surface area contributed by atoms with Crippen LogP contribution in [0.25, 0.3) is 0 Å². The van der Waals surface area contributed by atoms with Crippen LogP contribution < -0.4 is 10.0 Å². The van der Waals surface area contributed by atoms with Crippen LogP contribution in [0.3, 0.4) is 0 Å². The lowest BCUT2D eigenvalue weighted by Gasteiger charge is -2.26. The van der Waals surface area contributed by atoms with Gasteiger partial charge >= 0.3 is 6.18 Å². The minimum Gasteiger partial charge on any atom is -0.353 e. The van der Waals surface area contributed by atoms with Gasteiger partial charge in [0.2, 0.25) is 15.9 Å². The van der Waals surface area contributed by atoms with Crippen LogP contribution in [0.4, 0.5) is 13.2 Å². The number of nitrogens with zero attached hydrogens (tertiary/aromatic N) is 1. The first-order valence-electron chi connectivity index (χ1n) is 9.10. The van der Waals surface area contributed by atoms with Crippen molar-refractivity contribution in [2.45, 2.75) is 30.1 Å². The second-order valence-electron chi connectivity index (χ2n) is 7.00. The summed E-state index contributed by atoms with van der Waals surface area (Å²) in [5.41, 5.74) is -0.112. The molecule has 2 aromatic rings. The molecule has 0 bridgehead atoms. The lowest BCUT2D eigenvalue weighted by Crippen LogP contribution is -2.46. The van der Waals surface area contributed by atoms with E-state index in [9.17, 15) is 26.4 Å². The molecule has 2 unspecified atom stereocenters. The smallest absolute Gasteiger partial charge is 0.353 e. The number of sulfonamides is 1. The van der Waals surface area contributed by atoms with Crippen LogP contribution in [0.5, 0.6) is 0 Å². The van der Waals surface area contributed by atoms with Gasteiger partial charge < -0.3 is 10.2 Å². The Bertz CT molecular complexity index is 964. The van der Waals surface area contributed by atoms with Gasteiger partial charge in [-0.3, -0.25) is 4.79 Å². The van der Waals surface area contributed by atoms with Gasteiger partial charge in [0, 0.05) is 6.54 Å². The molecule has 2 rings (SSSR count). The molecule has 10 heteroatoms. The molecule has 0 radical (unpaired) electrons. The van der Waals surface area contributed by atoms with Crippen molar-refractivity contribution in [1.29, 1.82) is 0 Å². The summed E-state index contributed by atoms with van der Waals surface area (Å²) in [6, 6.07) is 11.5. The van der Waals surface area contributed by atoms with Crippen LogP contribution in [-0.4, -0.2) is 45.9 Å². The van der Waals surface area contributed by atoms with Crippen molar-refractivity contribution >= 4 is 15.9 Å². The van der Waals surface area contributed by atoms with E-state index in [1.807, 2.05) is 49.3 Å². The zero-order valence-electron chi connectivity index (χ0n) is 16.8. The second-order valence-corrected chi connectivity index (χ2v) is 8.72. The van der Waals surface area contributed by atoms with Gasteiger partial charge in [-0.2, -0.15) is 17.9 Å². The van der Waals surface area contributed by atoms with E-state index in [2.05, 4.69) is 10.0 Å². The minimum atomic E-state index is -4.67. The maximum Gasteiger partial charge on any atom is 0.416 e. The van der Waals surface area contributed by atoms with Gasteiger partial charge in [0.25, 0.3) is 0 Å². The van der Waals surface area contributed by atoms with Gasteiger partial charge in [-0.15, -0.1) is 0 Å². The van der Waals surface area contributed by atoms with E-state index in [0.717, 1.165) is 23.8 Å². The van der Waals surface area contributed by atoms with E-state index in [1.165, 1.54) is 6.92 Å². The fourth-order valence-corrected chi connectivity index (χ4v) is 4.07. The number of hydrogen-bond donors (Lipinski definition) is 2. The summed E-state index contributed by atoms with van der Waals surface area (Å²) in [6.07, 6.45) is -4.67. The molecular formula is C20H24F3N3O3S. The van der Waals surface area contributed by atoms with Crippen molar-refractivity contribution in [2.75, 3.05) is 20.6 Å². The Kier molecular flexibility index (Phi) is 7.62. The Morgan fingerprint density at radius 1 is 1.07 bits per heavy atom. The highest BCUT2D eigenvalue weighted by Gasteiger charge is 2.32. The molecule has 0 fully saturated rings. The van der Waals surface area contributed by atoms with Crippen LogP contribution in [0.2, 0.25) is 0 Å². The molecule has 2 atom stereocenters. The summed E-state index contributed by atoms with van der Waals surface area (Å²) in [5, 5.41) is 2.68. The molecule has 0 spiro atoms. The van der Waals surface area contributed by atoms with E-state index in [-0.39, 0.29) is 12.6 Å². The summed E-state index contributed by atoms with van der Waals surface area (Å²) in [4.78, 5) is 13.7. The maximum atomic E-state index is 12.8. The van der Waals surface area contributed by atoms with E-state index in [1.54, 1.807) is 0 Å². The number of carbonyl (C=O) groups excluding carboxylic acids is 1. The van der Waals surface area contributed by atoms with Gasteiger partial charge in [-0.1, -0.05) is 36.4 Å². The number of benzene rings is 2. The highest BCUT2D eigenvalue weighted by molar-refractivity contribution is 7.89. The first-order valence-corrected chi connectivity index (χ1v) is 10.6.